The third-order valence-corrected chi connectivity index (χ3v) is 3.63. The van der Waals surface area contributed by atoms with Gasteiger partial charge in [0.2, 0.25) is 0 Å². The molecule has 18 heavy (non-hydrogen) atoms. The molecule has 4 heteroatoms. The lowest BCUT2D eigenvalue weighted by Crippen LogP contribution is -2.27. The molecule has 0 unspecified atom stereocenters. The maximum atomic E-state index is 13.5. The quantitative estimate of drug-likeness (QED) is 0.825. The molecule has 0 atom stereocenters. The van der Waals surface area contributed by atoms with Crippen molar-refractivity contribution >= 4 is 16.8 Å². The number of carbonyl (C=O) groups is 1. The zero-order valence-electron chi connectivity index (χ0n) is 10.3. The Hall–Kier alpha value is -1.84. The molecule has 0 radical (unpaired) electrons. The van der Waals surface area contributed by atoms with Crippen LogP contribution in [0.4, 0.5) is 4.39 Å². The molecule has 0 spiro atoms. The number of benzene rings is 1. The Morgan fingerprint density at radius 3 is 2.78 bits per heavy atom. The van der Waals surface area contributed by atoms with Crippen molar-refractivity contribution in [3.05, 3.63) is 35.3 Å². The molecule has 0 saturated carbocycles. The standard InChI is InChI=1S/C14H15FN2O/c1-9-10-8-13(14(18)17-6-2-3-7-17)16-12(10)5-4-11(9)15/h4-5,8,16H,2-3,6-7H2,1H3. The molecule has 1 aliphatic heterocycles. The number of aromatic nitrogens is 1. The molecule has 3 rings (SSSR count). The van der Waals surface area contributed by atoms with Gasteiger partial charge in [-0.3, -0.25) is 4.79 Å². The van der Waals surface area contributed by atoms with Gasteiger partial charge in [-0.25, -0.2) is 4.39 Å². The van der Waals surface area contributed by atoms with Crippen molar-refractivity contribution in [3.63, 3.8) is 0 Å². The number of amides is 1. The van der Waals surface area contributed by atoms with E-state index in [4.69, 9.17) is 0 Å². The molecular weight excluding hydrogens is 231 g/mol. The van der Waals surface area contributed by atoms with Gasteiger partial charge < -0.3 is 9.88 Å². The third kappa shape index (κ3) is 1.68. The third-order valence-electron chi connectivity index (χ3n) is 3.63. The predicted octanol–water partition coefficient (Wildman–Crippen LogP) is 2.85. The number of carbonyl (C=O) groups excluding carboxylic acids is 1. The number of halogens is 1. The number of nitrogens with one attached hydrogen (secondary N) is 1. The molecule has 1 aliphatic rings. The highest BCUT2D eigenvalue weighted by Crippen LogP contribution is 2.23. The number of H-pyrrole nitrogens is 1. The van der Waals surface area contributed by atoms with E-state index >= 15 is 0 Å². The molecule has 0 bridgehead atoms. The van der Waals surface area contributed by atoms with E-state index in [9.17, 15) is 9.18 Å². The summed E-state index contributed by atoms with van der Waals surface area (Å²) >= 11 is 0. The second kappa shape index (κ2) is 4.12. The fraction of sp³-hybridized carbons (Fsp3) is 0.357. The average Bonchev–Trinajstić information content (AvgIpc) is 3.01. The first kappa shape index (κ1) is 11.3. The lowest BCUT2D eigenvalue weighted by molar-refractivity contribution is 0.0788. The number of hydrogen-bond donors (Lipinski definition) is 1. The fourth-order valence-electron chi connectivity index (χ4n) is 2.53. The van der Waals surface area contributed by atoms with E-state index in [1.165, 1.54) is 6.07 Å². The van der Waals surface area contributed by atoms with Gasteiger partial charge in [-0.05, 0) is 43.5 Å². The van der Waals surface area contributed by atoms with Gasteiger partial charge >= 0.3 is 0 Å². The normalized spacial score (nSPS) is 15.6. The topological polar surface area (TPSA) is 36.1 Å². The molecule has 1 fully saturated rings. The minimum Gasteiger partial charge on any atom is -0.351 e. The summed E-state index contributed by atoms with van der Waals surface area (Å²) in [6.45, 7) is 3.37. The maximum Gasteiger partial charge on any atom is 0.270 e. The minimum atomic E-state index is -0.235. The zero-order chi connectivity index (χ0) is 12.7. The molecule has 3 nitrogen and oxygen atoms in total. The van der Waals surface area contributed by atoms with Crippen molar-refractivity contribution in [3.8, 4) is 0 Å². The van der Waals surface area contributed by atoms with Crippen LogP contribution in [0.15, 0.2) is 18.2 Å². The Labute approximate surface area is 105 Å². The van der Waals surface area contributed by atoms with Crippen LogP contribution in [0.25, 0.3) is 10.9 Å². The smallest absolute Gasteiger partial charge is 0.270 e. The predicted molar refractivity (Wildman–Crippen MR) is 68.1 cm³/mol. The summed E-state index contributed by atoms with van der Waals surface area (Å²) in [5.41, 5.74) is 1.96. The summed E-state index contributed by atoms with van der Waals surface area (Å²) < 4.78 is 13.5. The highest BCUT2D eigenvalue weighted by molar-refractivity contribution is 5.98. The molecule has 1 aromatic carbocycles. The summed E-state index contributed by atoms with van der Waals surface area (Å²) in [4.78, 5) is 17.1. The van der Waals surface area contributed by atoms with E-state index in [0.29, 0.717) is 11.3 Å². The van der Waals surface area contributed by atoms with Crippen LogP contribution in [0.5, 0.6) is 0 Å². The van der Waals surface area contributed by atoms with Crippen molar-refractivity contribution in [2.75, 3.05) is 13.1 Å². The van der Waals surface area contributed by atoms with Crippen LogP contribution in [0.3, 0.4) is 0 Å². The van der Waals surface area contributed by atoms with Gasteiger partial charge in [0.25, 0.3) is 5.91 Å². The number of aryl methyl sites for hydroxylation is 1. The highest BCUT2D eigenvalue weighted by atomic mass is 19.1. The van der Waals surface area contributed by atoms with Crippen molar-refractivity contribution in [1.82, 2.24) is 9.88 Å². The highest BCUT2D eigenvalue weighted by Gasteiger charge is 2.21. The van der Waals surface area contributed by atoms with E-state index in [0.717, 1.165) is 36.8 Å². The van der Waals surface area contributed by atoms with Crippen molar-refractivity contribution in [2.24, 2.45) is 0 Å². The van der Waals surface area contributed by atoms with Crippen LogP contribution in [0.1, 0.15) is 28.9 Å². The first-order valence-electron chi connectivity index (χ1n) is 6.24. The number of hydrogen-bond acceptors (Lipinski definition) is 1. The largest absolute Gasteiger partial charge is 0.351 e. The van der Waals surface area contributed by atoms with E-state index in [-0.39, 0.29) is 11.7 Å². The Balaban J connectivity index is 2.03. The average molecular weight is 246 g/mol. The Bertz CT molecular complexity index is 612. The van der Waals surface area contributed by atoms with Gasteiger partial charge in [0.15, 0.2) is 0 Å². The molecule has 94 valence electrons. The number of fused-ring (bicyclic) bond motifs is 1. The molecule has 1 N–H and O–H groups in total. The van der Waals surface area contributed by atoms with Gasteiger partial charge in [-0.1, -0.05) is 0 Å². The van der Waals surface area contributed by atoms with Crippen molar-refractivity contribution in [2.45, 2.75) is 19.8 Å². The van der Waals surface area contributed by atoms with Crippen LogP contribution < -0.4 is 0 Å². The van der Waals surface area contributed by atoms with Gasteiger partial charge in [0.05, 0.1) is 0 Å². The maximum absolute atomic E-state index is 13.5. The lowest BCUT2D eigenvalue weighted by atomic mass is 10.1. The summed E-state index contributed by atoms with van der Waals surface area (Å²) in [6, 6.07) is 4.87. The molecule has 2 heterocycles. The molecule has 1 aromatic heterocycles. The number of rotatable bonds is 1. The van der Waals surface area contributed by atoms with Crippen LogP contribution >= 0.6 is 0 Å². The van der Waals surface area contributed by atoms with Crippen LogP contribution in [0, 0.1) is 12.7 Å². The Morgan fingerprint density at radius 2 is 2.06 bits per heavy atom. The number of aromatic amines is 1. The SMILES string of the molecule is Cc1c(F)ccc2[nH]c(C(=O)N3CCCC3)cc12. The fourth-order valence-corrected chi connectivity index (χ4v) is 2.53. The monoisotopic (exact) mass is 246 g/mol. The first-order valence-corrected chi connectivity index (χ1v) is 6.24. The first-order chi connectivity index (χ1) is 8.66. The summed E-state index contributed by atoms with van der Waals surface area (Å²) in [5, 5.41) is 0.789. The summed E-state index contributed by atoms with van der Waals surface area (Å²) in [7, 11) is 0. The molecule has 1 saturated heterocycles. The van der Waals surface area contributed by atoms with E-state index in [1.807, 2.05) is 4.90 Å². The minimum absolute atomic E-state index is 0.0171. The van der Waals surface area contributed by atoms with Gasteiger partial charge in [0.1, 0.15) is 11.5 Å². The number of nitrogens with zero attached hydrogens (tertiary/aromatic N) is 1. The van der Waals surface area contributed by atoms with Crippen LogP contribution in [-0.2, 0) is 0 Å². The van der Waals surface area contributed by atoms with E-state index < -0.39 is 0 Å². The molecule has 1 amide bonds. The van der Waals surface area contributed by atoms with Crippen molar-refractivity contribution < 1.29 is 9.18 Å². The Morgan fingerprint density at radius 1 is 1.33 bits per heavy atom. The van der Waals surface area contributed by atoms with E-state index in [2.05, 4.69) is 4.98 Å². The van der Waals surface area contributed by atoms with Crippen molar-refractivity contribution in [1.29, 1.82) is 0 Å². The zero-order valence-corrected chi connectivity index (χ0v) is 10.3. The van der Waals surface area contributed by atoms with Gasteiger partial charge in [-0.15, -0.1) is 0 Å². The summed E-state index contributed by atoms with van der Waals surface area (Å²) in [5.74, 6) is -0.217. The van der Waals surface area contributed by atoms with E-state index in [1.54, 1.807) is 19.1 Å². The second-order valence-electron chi connectivity index (χ2n) is 4.82. The second-order valence-corrected chi connectivity index (χ2v) is 4.82. The lowest BCUT2D eigenvalue weighted by Gasteiger charge is -2.13. The van der Waals surface area contributed by atoms with Crippen LogP contribution in [-0.4, -0.2) is 28.9 Å². The molecule has 2 aromatic rings. The molecule has 0 aliphatic carbocycles. The van der Waals surface area contributed by atoms with Gasteiger partial charge in [0, 0.05) is 24.0 Å². The number of likely N-dealkylation sites (tertiary alicyclic amines) is 1. The van der Waals surface area contributed by atoms with Gasteiger partial charge in [-0.2, -0.15) is 0 Å². The Kier molecular flexibility index (Phi) is 2.58. The van der Waals surface area contributed by atoms with Crippen LogP contribution in [0.2, 0.25) is 0 Å². The summed E-state index contributed by atoms with van der Waals surface area (Å²) in [6.07, 6.45) is 2.14. The molecular formula is C14H15FN2O.